The zero-order chi connectivity index (χ0) is 20.3. The van der Waals surface area contributed by atoms with E-state index in [2.05, 4.69) is 10.4 Å². The number of hydrogen-bond donors (Lipinski definition) is 2. The van der Waals surface area contributed by atoms with Crippen LogP contribution in [-0.4, -0.2) is 46.0 Å². The average molecular weight is 397 g/mol. The van der Waals surface area contributed by atoms with Crippen LogP contribution in [0.5, 0.6) is 0 Å². The van der Waals surface area contributed by atoms with E-state index in [0.29, 0.717) is 19.4 Å². The summed E-state index contributed by atoms with van der Waals surface area (Å²) in [6, 6.07) is 5.49. The van der Waals surface area contributed by atoms with Gasteiger partial charge in [-0.15, -0.1) is 0 Å². The Hall–Kier alpha value is -2.88. The van der Waals surface area contributed by atoms with Crippen LogP contribution in [-0.2, 0) is 15.7 Å². The molecule has 0 bridgehead atoms. The largest absolute Gasteiger partial charge is 0.480 e. The smallest absolute Gasteiger partial charge is 0.435 e. The molecule has 2 aromatic rings. The molecular formula is C18H18F3N3O4. The summed E-state index contributed by atoms with van der Waals surface area (Å²) >= 11 is 0. The Morgan fingerprint density at radius 2 is 2.11 bits per heavy atom. The number of ether oxygens (including phenoxy) is 1. The molecule has 2 N–H and O–H groups in total. The van der Waals surface area contributed by atoms with Crippen molar-refractivity contribution in [2.75, 3.05) is 13.2 Å². The maximum absolute atomic E-state index is 12.7. The van der Waals surface area contributed by atoms with E-state index in [0.717, 1.165) is 16.9 Å². The van der Waals surface area contributed by atoms with Gasteiger partial charge in [-0.1, -0.05) is 6.07 Å². The van der Waals surface area contributed by atoms with Crippen molar-refractivity contribution in [2.45, 2.75) is 25.1 Å². The molecule has 3 rings (SSSR count). The predicted octanol–water partition coefficient (Wildman–Crippen LogP) is 2.50. The van der Waals surface area contributed by atoms with Crippen LogP contribution in [0.4, 0.5) is 13.2 Å². The molecule has 0 radical (unpaired) electrons. The number of rotatable bonds is 5. The van der Waals surface area contributed by atoms with Crippen LogP contribution in [0.3, 0.4) is 0 Å². The Morgan fingerprint density at radius 1 is 1.32 bits per heavy atom. The van der Waals surface area contributed by atoms with Gasteiger partial charge >= 0.3 is 12.1 Å². The zero-order valence-corrected chi connectivity index (χ0v) is 14.6. The fourth-order valence-electron chi connectivity index (χ4n) is 3.04. The van der Waals surface area contributed by atoms with Crippen LogP contribution in [0, 0.1) is 5.92 Å². The van der Waals surface area contributed by atoms with Crippen molar-refractivity contribution in [3.63, 3.8) is 0 Å². The second kappa shape index (κ2) is 8.01. The van der Waals surface area contributed by atoms with Gasteiger partial charge in [0.1, 0.15) is 6.04 Å². The first-order valence-electron chi connectivity index (χ1n) is 8.60. The number of carboxylic acid groups (broad SMARTS) is 1. The standard InChI is InChI=1S/C18H18F3N3O4/c19-18(20,21)14-6-7-24(23-14)13-5-1-3-11(9-13)16(25)22-15(17(26)27)12-4-2-8-28-10-12/h1,3,5-7,9,12,15H,2,4,8,10H2,(H,22,25)(H,26,27). The van der Waals surface area contributed by atoms with E-state index in [1.54, 1.807) is 0 Å². The lowest BCUT2D eigenvalue weighted by molar-refractivity contribution is -0.142. The van der Waals surface area contributed by atoms with Gasteiger partial charge in [-0.3, -0.25) is 4.79 Å². The first-order chi connectivity index (χ1) is 13.3. The quantitative estimate of drug-likeness (QED) is 0.809. The minimum atomic E-state index is -4.57. The van der Waals surface area contributed by atoms with Crippen molar-refractivity contribution in [1.82, 2.24) is 15.1 Å². The zero-order valence-electron chi connectivity index (χ0n) is 14.6. The highest BCUT2D eigenvalue weighted by Crippen LogP contribution is 2.28. The molecule has 150 valence electrons. The third-order valence-corrected chi connectivity index (χ3v) is 4.47. The molecule has 0 saturated carbocycles. The molecule has 1 aromatic heterocycles. The van der Waals surface area contributed by atoms with Crippen molar-refractivity contribution in [3.05, 3.63) is 47.8 Å². The highest BCUT2D eigenvalue weighted by molar-refractivity contribution is 5.97. The molecule has 1 amide bonds. The lowest BCUT2D eigenvalue weighted by Crippen LogP contribution is -2.48. The number of carbonyl (C=O) groups excluding carboxylic acids is 1. The van der Waals surface area contributed by atoms with Gasteiger partial charge in [0.25, 0.3) is 5.91 Å². The van der Waals surface area contributed by atoms with Crippen molar-refractivity contribution >= 4 is 11.9 Å². The summed E-state index contributed by atoms with van der Waals surface area (Å²) in [5, 5.41) is 15.4. The first-order valence-corrected chi connectivity index (χ1v) is 8.60. The number of alkyl halides is 3. The molecule has 2 unspecified atom stereocenters. The summed E-state index contributed by atoms with van der Waals surface area (Å²) in [7, 11) is 0. The Bertz CT molecular complexity index is 860. The summed E-state index contributed by atoms with van der Waals surface area (Å²) < 4.78 is 44.4. The summed E-state index contributed by atoms with van der Waals surface area (Å²) in [4.78, 5) is 24.1. The fourth-order valence-corrected chi connectivity index (χ4v) is 3.04. The Kier molecular flexibility index (Phi) is 5.68. The second-order valence-electron chi connectivity index (χ2n) is 6.46. The molecular weight excluding hydrogens is 379 g/mol. The van der Waals surface area contributed by atoms with Gasteiger partial charge in [0, 0.05) is 24.3 Å². The number of aliphatic carboxylic acids is 1. The van der Waals surface area contributed by atoms with E-state index in [4.69, 9.17) is 4.74 Å². The first kappa shape index (κ1) is 19.9. The van der Waals surface area contributed by atoms with Crippen molar-refractivity contribution in [3.8, 4) is 5.69 Å². The maximum atomic E-state index is 12.7. The topological polar surface area (TPSA) is 93.5 Å². The Labute approximate surface area is 158 Å². The number of nitrogens with zero attached hydrogens (tertiary/aromatic N) is 2. The fraction of sp³-hybridized carbons (Fsp3) is 0.389. The lowest BCUT2D eigenvalue weighted by Gasteiger charge is -2.28. The SMILES string of the molecule is O=C(NC(C(=O)O)C1CCCOC1)c1cccc(-n2ccc(C(F)(F)F)n2)c1. The van der Waals surface area contributed by atoms with Crippen LogP contribution < -0.4 is 5.32 Å². The van der Waals surface area contributed by atoms with Crippen molar-refractivity contribution in [1.29, 1.82) is 0 Å². The molecule has 2 atom stereocenters. The molecule has 2 heterocycles. The molecule has 0 spiro atoms. The van der Waals surface area contributed by atoms with Gasteiger partial charge in [-0.25, -0.2) is 9.48 Å². The Morgan fingerprint density at radius 3 is 2.71 bits per heavy atom. The molecule has 28 heavy (non-hydrogen) atoms. The lowest BCUT2D eigenvalue weighted by atomic mass is 9.93. The minimum absolute atomic E-state index is 0.115. The summed E-state index contributed by atoms with van der Waals surface area (Å²) in [6.45, 7) is 0.799. The van der Waals surface area contributed by atoms with E-state index in [-0.39, 0.29) is 23.8 Å². The van der Waals surface area contributed by atoms with E-state index < -0.39 is 29.8 Å². The summed E-state index contributed by atoms with van der Waals surface area (Å²) in [5.41, 5.74) is -0.689. The highest BCUT2D eigenvalue weighted by atomic mass is 19.4. The molecule has 0 aliphatic carbocycles. The molecule has 1 aromatic carbocycles. The molecule has 1 aliphatic rings. The Balaban J connectivity index is 1.78. The maximum Gasteiger partial charge on any atom is 0.435 e. The van der Waals surface area contributed by atoms with Gasteiger partial charge in [0.2, 0.25) is 0 Å². The molecule has 1 saturated heterocycles. The van der Waals surface area contributed by atoms with Gasteiger partial charge in [-0.05, 0) is 37.1 Å². The molecule has 1 fully saturated rings. The van der Waals surface area contributed by atoms with E-state index in [9.17, 15) is 27.9 Å². The van der Waals surface area contributed by atoms with Crippen molar-refractivity contribution in [2.24, 2.45) is 5.92 Å². The van der Waals surface area contributed by atoms with Gasteiger partial charge in [-0.2, -0.15) is 18.3 Å². The number of benzene rings is 1. The van der Waals surface area contributed by atoms with Gasteiger partial charge in [0.05, 0.1) is 12.3 Å². The number of halogens is 3. The van der Waals surface area contributed by atoms with Gasteiger partial charge < -0.3 is 15.2 Å². The average Bonchev–Trinajstić information content (AvgIpc) is 3.17. The van der Waals surface area contributed by atoms with Crippen LogP contribution in [0.15, 0.2) is 36.5 Å². The van der Waals surface area contributed by atoms with E-state index in [1.807, 2.05) is 0 Å². The van der Waals surface area contributed by atoms with Crippen molar-refractivity contribution < 1.29 is 32.6 Å². The van der Waals surface area contributed by atoms with Crippen LogP contribution in [0.1, 0.15) is 28.9 Å². The monoisotopic (exact) mass is 397 g/mol. The second-order valence-corrected chi connectivity index (χ2v) is 6.46. The van der Waals surface area contributed by atoms with E-state index in [1.165, 1.54) is 24.3 Å². The number of carbonyl (C=O) groups is 2. The highest BCUT2D eigenvalue weighted by Gasteiger charge is 2.34. The van der Waals surface area contributed by atoms with Crippen LogP contribution in [0.2, 0.25) is 0 Å². The number of aromatic nitrogens is 2. The third kappa shape index (κ3) is 4.50. The number of nitrogens with one attached hydrogen (secondary N) is 1. The summed E-state index contributed by atoms with van der Waals surface area (Å²) in [6.07, 6.45) is -2.11. The molecule has 7 nitrogen and oxygen atoms in total. The van der Waals surface area contributed by atoms with E-state index >= 15 is 0 Å². The number of carboxylic acids is 1. The number of amides is 1. The number of hydrogen-bond acceptors (Lipinski definition) is 4. The van der Waals surface area contributed by atoms with Crippen LogP contribution >= 0.6 is 0 Å². The minimum Gasteiger partial charge on any atom is -0.480 e. The van der Waals surface area contributed by atoms with Crippen LogP contribution in [0.25, 0.3) is 5.69 Å². The molecule has 10 heteroatoms. The third-order valence-electron chi connectivity index (χ3n) is 4.47. The molecule has 1 aliphatic heterocycles. The predicted molar refractivity (Wildman–Crippen MR) is 91.0 cm³/mol. The van der Waals surface area contributed by atoms with Gasteiger partial charge in [0.15, 0.2) is 5.69 Å². The summed E-state index contributed by atoms with van der Waals surface area (Å²) in [5.74, 6) is -2.15. The normalized spacial score (nSPS) is 18.5.